The summed E-state index contributed by atoms with van der Waals surface area (Å²) >= 11 is 0. The van der Waals surface area contributed by atoms with Gasteiger partial charge in [0.1, 0.15) is 11.7 Å². The topological polar surface area (TPSA) is 72.8 Å². The fourth-order valence-electron chi connectivity index (χ4n) is 4.26. The van der Waals surface area contributed by atoms with Crippen molar-refractivity contribution in [3.05, 3.63) is 66.2 Å². The van der Waals surface area contributed by atoms with Crippen LogP contribution in [0.4, 0.5) is 0 Å². The quantitative estimate of drug-likeness (QED) is 0.814. The lowest BCUT2D eigenvalue weighted by molar-refractivity contribution is -0.450. The maximum absolute atomic E-state index is 13.2. The van der Waals surface area contributed by atoms with Crippen molar-refractivity contribution in [1.29, 1.82) is 0 Å². The normalized spacial score (nSPS) is 33.6. The van der Waals surface area contributed by atoms with Gasteiger partial charge in [-0.05, 0) is 49.8 Å². The molecule has 1 aliphatic carbocycles. The van der Waals surface area contributed by atoms with Crippen molar-refractivity contribution in [3.63, 3.8) is 0 Å². The molecule has 1 saturated carbocycles. The highest BCUT2D eigenvalue weighted by atomic mass is 32.2. The van der Waals surface area contributed by atoms with Crippen LogP contribution in [0.2, 0.25) is 0 Å². The third kappa shape index (κ3) is 3.31. The van der Waals surface area contributed by atoms with Crippen molar-refractivity contribution in [2.24, 2.45) is 5.92 Å². The summed E-state index contributed by atoms with van der Waals surface area (Å²) in [6.45, 7) is 1.74. The summed E-state index contributed by atoms with van der Waals surface area (Å²) in [5.74, 6) is -0.259. The van der Waals surface area contributed by atoms with E-state index in [9.17, 15) is 13.5 Å². The second-order valence-electron chi connectivity index (χ2n) is 7.82. The van der Waals surface area contributed by atoms with Gasteiger partial charge in [0.05, 0.1) is 16.2 Å². The maximum Gasteiger partial charge on any atom is 0.181 e. The van der Waals surface area contributed by atoms with E-state index in [0.717, 1.165) is 5.56 Å². The Morgan fingerprint density at radius 3 is 2.37 bits per heavy atom. The highest BCUT2D eigenvalue weighted by Gasteiger charge is 2.56. The molecule has 27 heavy (non-hydrogen) atoms. The number of sulfone groups is 1. The molecule has 2 fully saturated rings. The van der Waals surface area contributed by atoms with Crippen LogP contribution >= 0.6 is 0 Å². The molecule has 6 heteroatoms. The molecule has 0 amide bonds. The van der Waals surface area contributed by atoms with E-state index >= 15 is 0 Å². The Labute approximate surface area is 159 Å². The van der Waals surface area contributed by atoms with Gasteiger partial charge in [0.2, 0.25) is 0 Å². The average molecular weight is 388 g/mol. The predicted molar refractivity (Wildman–Crippen MR) is 101 cm³/mol. The molecule has 4 atom stereocenters. The van der Waals surface area contributed by atoms with Gasteiger partial charge in [0.25, 0.3) is 0 Å². The summed E-state index contributed by atoms with van der Waals surface area (Å²) in [5.41, 5.74) is -1.27. The van der Waals surface area contributed by atoms with Crippen LogP contribution < -0.4 is 0 Å². The summed E-state index contributed by atoms with van der Waals surface area (Å²) < 4.78 is 26.4. The minimum Gasteiger partial charge on any atom is -0.387 e. The average Bonchev–Trinajstić information content (AvgIpc) is 2.68. The molecule has 1 saturated heterocycles. The lowest BCUT2D eigenvalue weighted by atomic mass is 9.68. The number of rotatable bonds is 4. The second-order valence-corrected chi connectivity index (χ2v) is 9.81. The first-order valence-electron chi connectivity index (χ1n) is 9.24. The molecule has 2 aromatic carbocycles. The zero-order valence-corrected chi connectivity index (χ0v) is 16.1. The molecular formula is C21H24O5S. The van der Waals surface area contributed by atoms with E-state index < -0.39 is 27.1 Å². The van der Waals surface area contributed by atoms with Crippen LogP contribution in [-0.2, 0) is 25.2 Å². The second kappa shape index (κ2) is 6.71. The van der Waals surface area contributed by atoms with Gasteiger partial charge in [-0.25, -0.2) is 18.2 Å². The van der Waals surface area contributed by atoms with Crippen molar-refractivity contribution in [1.82, 2.24) is 0 Å². The van der Waals surface area contributed by atoms with Crippen molar-refractivity contribution >= 4 is 9.84 Å². The van der Waals surface area contributed by atoms with Gasteiger partial charge < -0.3 is 5.11 Å². The van der Waals surface area contributed by atoms with Crippen LogP contribution in [-0.4, -0.2) is 31.0 Å². The lowest BCUT2D eigenvalue weighted by Crippen LogP contribution is -2.58. The van der Waals surface area contributed by atoms with Crippen LogP contribution in [0.1, 0.15) is 31.7 Å². The number of hydrogen-bond donors (Lipinski definition) is 1. The zero-order chi connectivity index (χ0) is 19.1. The summed E-state index contributed by atoms with van der Waals surface area (Å²) in [7, 11) is -3.60. The Hall–Kier alpha value is -1.73. The largest absolute Gasteiger partial charge is 0.387 e. The van der Waals surface area contributed by atoms with Gasteiger partial charge in [0.15, 0.2) is 9.84 Å². The summed E-state index contributed by atoms with van der Waals surface area (Å²) in [6.07, 6.45) is 1.33. The Kier molecular flexibility index (Phi) is 4.63. The van der Waals surface area contributed by atoms with Crippen molar-refractivity contribution in [3.8, 4) is 0 Å². The van der Waals surface area contributed by atoms with Crippen LogP contribution in [0.25, 0.3) is 0 Å². The predicted octanol–water partition coefficient (Wildman–Crippen LogP) is 3.24. The fourth-order valence-corrected chi connectivity index (χ4v) is 6.01. The van der Waals surface area contributed by atoms with Gasteiger partial charge >= 0.3 is 0 Å². The number of hydrogen-bond acceptors (Lipinski definition) is 5. The van der Waals surface area contributed by atoms with Crippen LogP contribution in [0.15, 0.2) is 65.6 Å². The summed E-state index contributed by atoms with van der Waals surface area (Å²) in [6, 6.07) is 17.8. The Morgan fingerprint density at radius 2 is 1.70 bits per heavy atom. The minimum absolute atomic E-state index is 0.0580. The van der Waals surface area contributed by atoms with Crippen molar-refractivity contribution in [2.45, 2.75) is 48.4 Å². The van der Waals surface area contributed by atoms with E-state index in [0.29, 0.717) is 19.3 Å². The zero-order valence-electron chi connectivity index (χ0n) is 15.2. The molecule has 144 valence electrons. The number of fused-ring (bicyclic) bond motifs is 2. The van der Waals surface area contributed by atoms with Gasteiger partial charge in [-0.1, -0.05) is 48.5 Å². The van der Waals surface area contributed by atoms with Crippen LogP contribution in [0.3, 0.4) is 0 Å². The summed E-state index contributed by atoms with van der Waals surface area (Å²) in [5, 5.41) is 10.5. The molecule has 0 spiro atoms. The monoisotopic (exact) mass is 388 g/mol. The first-order chi connectivity index (χ1) is 12.8. The van der Waals surface area contributed by atoms with Crippen LogP contribution in [0, 0.1) is 5.92 Å². The SMILES string of the molecule is CC1(O)CCC2CC1OO[C@]2(CS(=O)(=O)c1ccccc1)c1ccccc1. The molecule has 2 aromatic rings. The molecule has 2 bridgehead atoms. The summed E-state index contributed by atoms with van der Waals surface area (Å²) in [4.78, 5) is 11.7. The molecule has 1 aliphatic heterocycles. The van der Waals surface area contributed by atoms with E-state index in [4.69, 9.17) is 9.78 Å². The van der Waals surface area contributed by atoms with Gasteiger partial charge in [0, 0.05) is 0 Å². The first-order valence-corrected chi connectivity index (χ1v) is 10.9. The molecule has 0 radical (unpaired) electrons. The molecule has 0 aromatic heterocycles. The molecule has 3 unspecified atom stereocenters. The van der Waals surface area contributed by atoms with E-state index in [1.54, 1.807) is 37.3 Å². The Morgan fingerprint density at radius 1 is 1.07 bits per heavy atom. The third-order valence-corrected chi connectivity index (χ3v) is 7.73. The van der Waals surface area contributed by atoms with Gasteiger partial charge in [-0.3, -0.25) is 0 Å². The molecule has 1 N–H and O–H groups in total. The van der Waals surface area contributed by atoms with E-state index in [1.165, 1.54) is 0 Å². The van der Waals surface area contributed by atoms with Gasteiger partial charge in [-0.15, -0.1) is 0 Å². The molecule has 2 aliphatic rings. The number of benzene rings is 2. The standard InChI is InChI=1S/C21H24O5S/c1-20(22)13-12-17-14-19(20)25-26-21(17,16-8-4-2-5-9-16)15-27(23,24)18-10-6-3-7-11-18/h2-11,17,19,22H,12-15H2,1H3/t17?,19?,20?,21-/m1/s1. The maximum atomic E-state index is 13.2. The molecule has 5 nitrogen and oxygen atoms in total. The van der Waals surface area contributed by atoms with Crippen molar-refractivity contribution < 1.29 is 23.3 Å². The molecule has 4 rings (SSSR count). The van der Waals surface area contributed by atoms with Gasteiger partial charge in [-0.2, -0.15) is 0 Å². The fraction of sp³-hybridized carbons (Fsp3) is 0.429. The lowest BCUT2D eigenvalue weighted by Gasteiger charge is -2.51. The third-order valence-electron chi connectivity index (χ3n) is 5.93. The Balaban J connectivity index is 1.76. The molecular weight excluding hydrogens is 364 g/mol. The van der Waals surface area contributed by atoms with Crippen molar-refractivity contribution in [2.75, 3.05) is 5.75 Å². The van der Waals surface area contributed by atoms with E-state index in [1.807, 2.05) is 30.3 Å². The smallest absolute Gasteiger partial charge is 0.181 e. The van der Waals surface area contributed by atoms with E-state index in [-0.39, 0.29) is 16.6 Å². The number of aliphatic hydroxyl groups is 1. The first kappa shape index (κ1) is 18.6. The minimum atomic E-state index is -3.60. The highest BCUT2D eigenvalue weighted by molar-refractivity contribution is 7.91. The highest BCUT2D eigenvalue weighted by Crippen LogP contribution is 2.50. The molecule has 1 heterocycles. The van der Waals surface area contributed by atoms with E-state index in [2.05, 4.69) is 0 Å². The van der Waals surface area contributed by atoms with Crippen LogP contribution in [0.5, 0.6) is 0 Å². The Bertz CT molecular complexity index is 895.